The summed E-state index contributed by atoms with van der Waals surface area (Å²) in [6, 6.07) is 5.81. The van der Waals surface area contributed by atoms with E-state index in [1.807, 2.05) is 0 Å². The maximum Gasteiger partial charge on any atom is 0.416 e. The molecule has 2 heterocycles. The van der Waals surface area contributed by atoms with Gasteiger partial charge in [0.15, 0.2) is 5.78 Å². The molecule has 0 spiro atoms. The molecule has 1 aromatic heterocycles. The lowest BCUT2D eigenvalue weighted by Gasteiger charge is -2.20. The Hall–Kier alpha value is -3.10. The Bertz CT molecular complexity index is 1100. The maximum atomic E-state index is 13.1. The van der Waals surface area contributed by atoms with Crippen LogP contribution in [0.2, 0.25) is 0 Å². The molecule has 9 heteroatoms. The Morgan fingerprint density at radius 2 is 1.87 bits per heavy atom. The van der Waals surface area contributed by atoms with E-state index >= 15 is 0 Å². The lowest BCUT2D eigenvalue weighted by atomic mass is 9.96. The van der Waals surface area contributed by atoms with Crippen LogP contribution in [0.5, 0.6) is 0 Å². The number of nitrogens with one attached hydrogen (secondary N) is 1. The molecule has 2 aromatic rings. The van der Waals surface area contributed by atoms with Crippen LogP contribution in [0, 0.1) is 19.8 Å². The summed E-state index contributed by atoms with van der Waals surface area (Å²) in [6.07, 6.45) is -2.79. The van der Waals surface area contributed by atoms with E-state index in [4.69, 9.17) is 0 Å². The van der Waals surface area contributed by atoms with Gasteiger partial charge in [-0.2, -0.15) is 13.2 Å². The standard InChI is InChI=1S/C22H22F3N3O3/c1-12-9-17(13(2)28(12)16-6-4-5-15(10-16)22(23,24)25)18(29)11-27-19(30)21(3,14-7-8-14)26-20(27)31/h4-6,9-10,14H,7-8,11H2,1-3H3,(H,26,31). The molecule has 1 N–H and O–H groups in total. The van der Waals surface area contributed by atoms with Gasteiger partial charge >= 0.3 is 12.2 Å². The summed E-state index contributed by atoms with van der Waals surface area (Å²) in [5.41, 5.74) is -0.217. The number of aromatic nitrogens is 1. The summed E-state index contributed by atoms with van der Waals surface area (Å²) in [5, 5.41) is 2.70. The molecule has 4 rings (SSSR count). The third-order valence-electron chi connectivity index (χ3n) is 6.16. The first-order valence-corrected chi connectivity index (χ1v) is 9.97. The molecular formula is C22H22F3N3O3. The number of aryl methyl sites for hydroxylation is 1. The predicted molar refractivity (Wildman–Crippen MR) is 106 cm³/mol. The van der Waals surface area contributed by atoms with Crippen LogP contribution in [0.25, 0.3) is 5.69 Å². The highest BCUT2D eigenvalue weighted by atomic mass is 19.4. The van der Waals surface area contributed by atoms with Crippen LogP contribution >= 0.6 is 0 Å². The molecule has 2 aliphatic rings. The molecule has 0 radical (unpaired) electrons. The number of ketones is 1. The number of carbonyl (C=O) groups is 3. The van der Waals surface area contributed by atoms with Crippen LogP contribution in [0.1, 0.15) is 47.1 Å². The molecule has 3 amide bonds. The lowest BCUT2D eigenvalue weighted by Crippen LogP contribution is -2.46. The summed E-state index contributed by atoms with van der Waals surface area (Å²) in [5.74, 6) is -0.787. The SMILES string of the molecule is Cc1cc(C(=O)CN2C(=O)NC(C)(C3CC3)C2=O)c(C)n1-c1cccc(C(F)(F)F)c1. The fraction of sp³-hybridized carbons (Fsp3) is 0.409. The van der Waals surface area contributed by atoms with E-state index in [1.54, 1.807) is 31.4 Å². The molecule has 31 heavy (non-hydrogen) atoms. The van der Waals surface area contributed by atoms with Crippen molar-refractivity contribution in [1.29, 1.82) is 0 Å². The fourth-order valence-corrected chi connectivity index (χ4v) is 4.29. The first kappa shape index (κ1) is 21.1. The molecule has 1 aliphatic heterocycles. The van der Waals surface area contributed by atoms with Gasteiger partial charge in [-0.1, -0.05) is 6.07 Å². The van der Waals surface area contributed by atoms with Crippen molar-refractivity contribution in [3.05, 3.63) is 52.8 Å². The summed E-state index contributed by atoms with van der Waals surface area (Å²) in [7, 11) is 0. The summed E-state index contributed by atoms with van der Waals surface area (Å²) in [4.78, 5) is 39.0. The molecule has 1 atom stereocenters. The quantitative estimate of drug-likeness (QED) is 0.572. The van der Waals surface area contributed by atoms with E-state index < -0.39 is 41.5 Å². The number of imide groups is 1. The predicted octanol–water partition coefficient (Wildman–Crippen LogP) is 4.02. The maximum absolute atomic E-state index is 13.1. The molecular weight excluding hydrogens is 411 g/mol. The van der Waals surface area contributed by atoms with Gasteiger partial charge in [-0.05, 0) is 63.8 Å². The Labute approximate surface area is 177 Å². The second kappa shape index (κ2) is 6.96. The number of hydrogen-bond acceptors (Lipinski definition) is 3. The molecule has 6 nitrogen and oxygen atoms in total. The van der Waals surface area contributed by atoms with Crippen LogP contribution in [-0.4, -0.2) is 39.3 Å². The Kier molecular flexibility index (Phi) is 4.75. The average Bonchev–Trinajstić information content (AvgIpc) is 3.47. The van der Waals surface area contributed by atoms with Crippen molar-refractivity contribution in [1.82, 2.24) is 14.8 Å². The number of amides is 3. The normalized spacial score (nSPS) is 21.5. The highest BCUT2D eigenvalue weighted by Crippen LogP contribution is 2.42. The van der Waals surface area contributed by atoms with Gasteiger partial charge in [0.2, 0.25) is 0 Å². The molecule has 1 saturated carbocycles. The van der Waals surface area contributed by atoms with Crippen molar-refractivity contribution in [2.45, 2.75) is 45.3 Å². The number of benzene rings is 1. The largest absolute Gasteiger partial charge is 0.416 e. The van der Waals surface area contributed by atoms with Gasteiger partial charge in [0.05, 0.1) is 12.1 Å². The van der Waals surface area contributed by atoms with Gasteiger partial charge in [-0.25, -0.2) is 4.79 Å². The number of nitrogens with zero attached hydrogens (tertiary/aromatic N) is 2. The number of alkyl halides is 3. The smallest absolute Gasteiger partial charge is 0.323 e. The minimum Gasteiger partial charge on any atom is -0.323 e. The number of rotatable bonds is 5. The van der Waals surface area contributed by atoms with Crippen LogP contribution in [0.15, 0.2) is 30.3 Å². The van der Waals surface area contributed by atoms with Crippen LogP contribution < -0.4 is 5.32 Å². The molecule has 1 unspecified atom stereocenters. The highest BCUT2D eigenvalue weighted by molar-refractivity contribution is 6.11. The number of carbonyl (C=O) groups excluding carboxylic acids is 3. The number of Topliss-reactive ketones (excluding diaryl/α,β-unsaturated/α-hetero) is 1. The van der Waals surface area contributed by atoms with Crippen LogP contribution in [0.4, 0.5) is 18.0 Å². The van der Waals surface area contributed by atoms with Crippen molar-refractivity contribution in [2.24, 2.45) is 5.92 Å². The number of halogens is 3. The van der Waals surface area contributed by atoms with E-state index in [-0.39, 0.29) is 17.2 Å². The number of hydrogen-bond donors (Lipinski definition) is 1. The molecule has 164 valence electrons. The van der Waals surface area contributed by atoms with Crippen molar-refractivity contribution in [3.63, 3.8) is 0 Å². The molecule has 2 fully saturated rings. The van der Waals surface area contributed by atoms with Crippen molar-refractivity contribution >= 4 is 17.7 Å². The van der Waals surface area contributed by atoms with Gasteiger partial charge < -0.3 is 9.88 Å². The average molecular weight is 433 g/mol. The number of urea groups is 1. The summed E-state index contributed by atoms with van der Waals surface area (Å²) >= 11 is 0. The monoisotopic (exact) mass is 433 g/mol. The fourth-order valence-electron chi connectivity index (χ4n) is 4.29. The second-order valence-corrected chi connectivity index (χ2v) is 8.39. The van der Waals surface area contributed by atoms with Gasteiger partial charge in [-0.3, -0.25) is 14.5 Å². The zero-order chi connectivity index (χ0) is 22.7. The topological polar surface area (TPSA) is 71.4 Å². The Morgan fingerprint density at radius 3 is 2.48 bits per heavy atom. The van der Waals surface area contributed by atoms with Gasteiger partial charge in [-0.15, -0.1) is 0 Å². The van der Waals surface area contributed by atoms with Crippen LogP contribution in [-0.2, 0) is 11.0 Å². The van der Waals surface area contributed by atoms with E-state index in [1.165, 1.54) is 12.1 Å². The Balaban J connectivity index is 1.61. The van der Waals surface area contributed by atoms with Crippen molar-refractivity contribution < 1.29 is 27.6 Å². The van der Waals surface area contributed by atoms with Crippen molar-refractivity contribution in [2.75, 3.05) is 6.54 Å². The summed E-state index contributed by atoms with van der Waals surface area (Å²) in [6.45, 7) is 4.57. The molecule has 1 saturated heterocycles. The zero-order valence-corrected chi connectivity index (χ0v) is 17.3. The second-order valence-electron chi connectivity index (χ2n) is 8.39. The first-order chi connectivity index (χ1) is 14.4. The van der Waals surface area contributed by atoms with E-state index in [2.05, 4.69) is 5.32 Å². The van der Waals surface area contributed by atoms with E-state index in [0.29, 0.717) is 11.4 Å². The van der Waals surface area contributed by atoms with Gasteiger partial charge in [0, 0.05) is 22.6 Å². The minimum absolute atomic E-state index is 0.0787. The highest BCUT2D eigenvalue weighted by Gasteiger charge is 2.56. The summed E-state index contributed by atoms with van der Waals surface area (Å²) < 4.78 is 40.9. The molecule has 1 aliphatic carbocycles. The first-order valence-electron chi connectivity index (χ1n) is 9.97. The Morgan fingerprint density at radius 1 is 1.19 bits per heavy atom. The third-order valence-corrected chi connectivity index (χ3v) is 6.16. The van der Waals surface area contributed by atoms with Crippen molar-refractivity contribution in [3.8, 4) is 5.69 Å². The van der Waals surface area contributed by atoms with E-state index in [0.717, 1.165) is 29.9 Å². The molecule has 0 bridgehead atoms. The zero-order valence-electron chi connectivity index (χ0n) is 17.3. The van der Waals surface area contributed by atoms with Gasteiger partial charge in [0.25, 0.3) is 5.91 Å². The molecule has 1 aromatic carbocycles. The van der Waals surface area contributed by atoms with Gasteiger partial charge in [0.1, 0.15) is 5.54 Å². The van der Waals surface area contributed by atoms with Crippen LogP contribution in [0.3, 0.4) is 0 Å². The third kappa shape index (κ3) is 3.51. The lowest BCUT2D eigenvalue weighted by molar-refractivity contribution is -0.137. The van der Waals surface area contributed by atoms with E-state index in [9.17, 15) is 27.6 Å². The minimum atomic E-state index is -4.48.